The molecule has 3 rings (SSSR count). The fourth-order valence-corrected chi connectivity index (χ4v) is 3.46. The van der Waals surface area contributed by atoms with Gasteiger partial charge in [-0.2, -0.15) is 0 Å². The largest absolute Gasteiger partial charge is 0.505 e. The van der Waals surface area contributed by atoms with Crippen LogP contribution in [0.3, 0.4) is 0 Å². The van der Waals surface area contributed by atoms with Crippen LogP contribution < -0.4 is 5.46 Å². The summed E-state index contributed by atoms with van der Waals surface area (Å²) >= 11 is 0. The quantitative estimate of drug-likeness (QED) is 0.735. The molecule has 0 atom stereocenters. The normalized spacial score (nSPS) is 36.3. The molecule has 0 aliphatic carbocycles. The van der Waals surface area contributed by atoms with Gasteiger partial charge in [0.1, 0.15) is 0 Å². The molecule has 17 heavy (non-hydrogen) atoms. The van der Waals surface area contributed by atoms with E-state index in [1.807, 2.05) is 6.07 Å². The van der Waals surface area contributed by atoms with Gasteiger partial charge in [0.05, 0.1) is 38.8 Å². The summed E-state index contributed by atoms with van der Waals surface area (Å²) in [6.07, 6.45) is 5.95. The predicted molar refractivity (Wildman–Crippen MR) is 65.8 cm³/mol. The zero-order valence-corrected chi connectivity index (χ0v) is 10.4. The molecule has 2 aliphatic rings. The molecule has 0 amide bonds. The molecular formula is C12H20BNO3. The molecule has 0 radical (unpaired) electrons. The van der Waals surface area contributed by atoms with Crippen LogP contribution >= 0.6 is 0 Å². The Labute approximate surface area is 102 Å². The van der Waals surface area contributed by atoms with Crippen molar-refractivity contribution in [2.75, 3.05) is 32.8 Å². The highest BCUT2D eigenvalue weighted by Gasteiger charge is 2.59. The van der Waals surface area contributed by atoms with E-state index < -0.39 is 6.69 Å². The molecular weight excluding hydrogens is 217 g/mol. The first-order valence-corrected chi connectivity index (χ1v) is 6.63. The van der Waals surface area contributed by atoms with Crippen molar-refractivity contribution in [1.29, 1.82) is 0 Å². The lowest BCUT2D eigenvalue weighted by Crippen LogP contribution is -2.69. The molecule has 0 unspecified atom stereocenters. The monoisotopic (exact) mass is 237 g/mol. The summed E-state index contributed by atoms with van der Waals surface area (Å²) in [6.45, 7) is 5.80. The average Bonchev–Trinajstić information content (AvgIpc) is 3.00. The van der Waals surface area contributed by atoms with Crippen molar-refractivity contribution in [2.24, 2.45) is 0 Å². The number of hydrogen-bond donors (Lipinski definition) is 0. The molecule has 0 bridgehead atoms. The smallest absolute Gasteiger partial charge is 0.505 e. The number of unbranched alkanes of at least 4 members (excludes halogenated alkanes) is 1. The maximum Gasteiger partial charge on any atom is 0.505 e. The Morgan fingerprint density at radius 3 is 2.65 bits per heavy atom. The van der Waals surface area contributed by atoms with Crippen LogP contribution in [-0.2, 0) is 9.31 Å². The van der Waals surface area contributed by atoms with Crippen molar-refractivity contribution < 1.29 is 18.1 Å². The van der Waals surface area contributed by atoms with Crippen molar-refractivity contribution in [3.63, 3.8) is 0 Å². The van der Waals surface area contributed by atoms with Crippen LogP contribution in [-0.4, -0.2) is 43.9 Å². The van der Waals surface area contributed by atoms with Crippen LogP contribution in [0.25, 0.3) is 0 Å². The Balaban J connectivity index is 1.96. The van der Waals surface area contributed by atoms with Crippen molar-refractivity contribution in [1.82, 2.24) is 0 Å². The zero-order valence-electron chi connectivity index (χ0n) is 10.4. The molecule has 0 saturated carbocycles. The molecule has 1 aromatic rings. The number of nitrogens with zero attached hydrogens (tertiary/aromatic N) is 1. The highest BCUT2D eigenvalue weighted by atomic mass is 16.6. The van der Waals surface area contributed by atoms with E-state index in [4.69, 9.17) is 13.7 Å². The van der Waals surface area contributed by atoms with E-state index in [0.717, 1.165) is 42.7 Å². The van der Waals surface area contributed by atoms with Gasteiger partial charge in [-0.15, -0.1) is 0 Å². The third-order valence-electron chi connectivity index (χ3n) is 4.40. The van der Waals surface area contributed by atoms with E-state index in [9.17, 15) is 0 Å². The number of fused-ring (bicyclic) bond motifs is 1. The van der Waals surface area contributed by atoms with Gasteiger partial charge in [-0.1, -0.05) is 13.3 Å². The highest BCUT2D eigenvalue weighted by molar-refractivity contribution is 6.75. The van der Waals surface area contributed by atoms with Crippen LogP contribution in [0.2, 0.25) is 0 Å². The fourth-order valence-electron chi connectivity index (χ4n) is 3.46. The molecule has 2 aliphatic heterocycles. The first kappa shape index (κ1) is 11.3. The third-order valence-corrected chi connectivity index (χ3v) is 4.40. The molecule has 3 heterocycles. The lowest BCUT2D eigenvalue weighted by atomic mass is 9.61. The van der Waals surface area contributed by atoms with Gasteiger partial charge in [-0.25, -0.2) is 0 Å². The summed E-state index contributed by atoms with van der Waals surface area (Å²) < 4.78 is 18.3. The molecule has 1 aromatic heterocycles. The molecule has 94 valence electrons. The van der Waals surface area contributed by atoms with Crippen molar-refractivity contribution in [2.45, 2.75) is 19.8 Å². The standard InChI is InChI=1S/C12H20BNO3/c1-2-3-5-14-6-9-16-13(14,17-10-7-14)12-4-8-15-11-12/h4,8,11H,2-3,5-7,9-10H2,1H3. The Bertz CT molecular complexity index is 369. The topological polar surface area (TPSA) is 31.6 Å². The number of hydrogen-bond acceptors (Lipinski definition) is 3. The van der Waals surface area contributed by atoms with E-state index in [1.54, 1.807) is 12.5 Å². The SMILES string of the molecule is CCCC[N+]12CCO[B-]1(c1ccoc1)OCC2. The predicted octanol–water partition coefficient (Wildman–Crippen LogP) is 1.10. The average molecular weight is 237 g/mol. The summed E-state index contributed by atoms with van der Waals surface area (Å²) in [7, 11) is 0. The van der Waals surface area contributed by atoms with Crippen molar-refractivity contribution in [3.05, 3.63) is 18.6 Å². The fraction of sp³-hybridized carbons (Fsp3) is 0.667. The third kappa shape index (κ3) is 1.49. The number of furan rings is 1. The summed E-state index contributed by atoms with van der Waals surface area (Å²) in [5.41, 5.74) is 1.09. The van der Waals surface area contributed by atoms with Crippen LogP contribution in [0, 0.1) is 0 Å². The summed E-state index contributed by atoms with van der Waals surface area (Å²) in [4.78, 5) is 0. The summed E-state index contributed by atoms with van der Waals surface area (Å²) in [6, 6.07) is 2.00. The minimum atomic E-state index is -1.34. The molecule has 2 saturated heterocycles. The van der Waals surface area contributed by atoms with E-state index in [1.165, 1.54) is 12.8 Å². The maximum absolute atomic E-state index is 6.06. The van der Waals surface area contributed by atoms with Crippen LogP contribution in [0.15, 0.2) is 23.0 Å². The minimum absolute atomic E-state index is 0.800. The lowest BCUT2D eigenvalue weighted by Gasteiger charge is -2.46. The van der Waals surface area contributed by atoms with E-state index in [2.05, 4.69) is 6.92 Å². The second kappa shape index (κ2) is 4.16. The molecule has 4 nitrogen and oxygen atoms in total. The molecule has 0 N–H and O–H groups in total. The molecule has 5 heteroatoms. The first-order valence-electron chi connectivity index (χ1n) is 6.63. The van der Waals surface area contributed by atoms with Gasteiger partial charge in [0.25, 0.3) is 0 Å². The zero-order chi connectivity index (χ0) is 11.8. The highest BCUT2D eigenvalue weighted by Crippen LogP contribution is 2.34. The van der Waals surface area contributed by atoms with Crippen molar-refractivity contribution in [3.8, 4) is 0 Å². The van der Waals surface area contributed by atoms with Crippen LogP contribution in [0.5, 0.6) is 0 Å². The maximum atomic E-state index is 6.06. The van der Waals surface area contributed by atoms with Gasteiger partial charge in [0, 0.05) is 6.54 Å². The second-order valence-electron chi connectivity index (χ2n) is 5.21. The Hall–Kier alpha value is -0.775. The van der Waals surface area contributed by atoms with Crippen LogP contribution in [0.4, 0.5) is 0 Å². The lowest BCUT2D eigenvalue weighted by molar-refractivity contribution is -0.820. The van der Waals surface area contributed by atoms with Gasteiger partial charge < -0.3 is 18.1 Å². The summed E-state index contributed by atoms with van der Waals surface area (Å²) in [5, 5.41) is 0. The minimum Gasteiger partial charge on any atom is -0.505 e. The van der Waals surface area contributed by atoms with E-state index >= 15 is 0 Å². The first-order chi connectivity index (χ1) is 8.33. The Morgan fingerprint density at radius 1 is 1.29 bits per heavy atom. The van der Waals surface area contributed by atoms with E-state index in [-0.39, 0.29) is 0 Å². The Morgan fingerprint density at radius 2 is 2.06 bits per heavy atom. The van der Waals surface area contributed by atoms with Gasteiger partial charge in [-0.05, 0) is 17.9 Å². The molecule has 0 aromatic carbocycles. The molecule has 2 fully saturated rings. The van der Waals surface area contributed by atoms with Gasteiger partial charge in [0.15, 0.2) is 0 Å². The van der Waals surface area contributed by atoms with Crippen molar-refractivity contribution >= 4 is 12.1 Å². The Kier molecular flexibility index (Phi) is 2.77. The van der Waals surface area contributed by atoms with Gasteiger partial charge in [0.2, 0.25) is 0 Å². The number of rotatable bonds is 4. The van der Waals surface area contributed by atoms with Gasteiger partial charge in [-0.3, -0.25) is 0 Å². The second-order valence-corrected chi connectivity index (χ2v) is 5.21. The summed E-state index contributed by atoms with van der Waals surface area (Å²) in [5.74, 6) is 0. The van der Waals surface area contributed by atoms with E-state index in [0.29, 0.717) is 0 Å². The van der Waals surface area contributed by atoms with Gasteiger partial charge >= 0.3 is 6.69 Å². The van der Waals surface area contributed by atoms with Crippen LogP contribution in [0.1, 0.15) is 19.8 Å². The molecule has 0 spiro atoms. The number of quaternary nitrogens is 1.